The number of nitrogens with two attached hydrogens (primary N) is 1. The third kappa shape index (κ3) is 7.88. The summed E-state index contributed by atoms with van der Waals surface area (Å²) in [5, 5.41) is 47.9. The zero-order valence-electron chi connectivity index (χ0n) is 23.4. The Hall–Kier alpha value is -3.66. The first-order valence-electron chi connectivity index (χ1n) is 12.1. The molecular weight excluding hydrogens is 608 g/mol. The smallest absolute Gasteiger partial charge is 0.744 e. The molecule has 12 nitrogen and oxygen atoms in total. The SMILES string of the molecule is Nc1ccc2cc(S(=O)(=O)[O-])cc(O)c2c1N=Nc1ccc(-c2ccc(N=Nc3ccc(O)c(C(=O)[O-])c3)cc2)cc1.[Na+].[Na+]. The van der Waals surface area contributed by atoms with Crippen molar-refractivity contribution < 1.29 is 92.2 Å². The Morgan fingerprint density at radius 1 is 0.682 bits per heavy atom. The molecule has 210 valence electrons. The summed E-state index contributed by atoms with van der Waals surface area (Å²) < 4.78 is 34.2. The zero-order valence-corrected chi connectivity index (χ0v) is 28.2. The number of benzene rings is 5. The van der Waals surface area contributed by atoms with Crippen LogP contribution in [0.2, 0.25) is 0 Å². The Morgan fingerprint density at radius 3 is 1.75 bits per heavy atom. The normalized spacial score (nSPS) is 11.4. The van der Waals surface area contributed by atoms with Gasteiger partial charge >= 0.3 is 59.1 Å². The second kappa shape index (κ2) is 14.4. The number of fused-ring (bicyclic) bond motifs is 1. The van der Waals surface area contributed by atoms with Gasteiger partial charge in [-0.2, -0.15) is 15.3 Å². The van der Waals surface area contributed by atoms with Crippen LogP contribution in [0.4, 0.5) is 28.4 Å². The Kier molecular flexibility index (Phi) is 11.4. The molecule has 15 heteroatoms. The van der Waals surface area contributed by atoms with E-state index in [1.165, 1.54) is 24.3 Å². The molecule has 0 saturated heterocycles. The van der Waals surface area contributed by atoms with Gasteiger partial charge in [0.25, 0.3) is 0 Å². The summed E-state index contributed by atoms with van der Waals surface area (Å²) in [7, 11) is -4.78. The molecule has 4 N–H and O–H groups in total. The molecule has 0 amide bonds. The van der Waals surface area contributed by atoms with E-state index in [1.54, 1.807) is 24.3 Å². The molecule has 0 aliphatic heterocycles. The van der Waals surface area contributed by atoms with E-state index in [0.717, 1.165) is 29.3 Å². The van der Waals surface area contributed by atoms with Gasteiger partial charge in [-0.15, -0.1) is 5.11 Å². The van der Waals surface area contributed by atoms with Crippen LogP contribution in [0.1, 0.15) is 10.4 Å². The summed E-state index contributed by atoms with van der Waals surface area (Å²) in [5.41, 5.74) is 8.94. The predicted octanol–water partition coefficient (Wildman–Crippen LogP) is -0.393. The van der Waals surface area contributed by atoms with Crippen LogP contribution in [0, 0.1) is 0 Å². The van der Waals surface area contributed by atoms with Gasteiger partial charge in [0.1, 0.15) is 27.3 Å². The number of carbonyl (C=O) groups is 1. The number of nitrogen functional groups attached to an aromatic ring is 1. The van der Waals surface area contributed by atoms with E-state index in [-0.39, 0.29) is 92.5 Å². The number of carboxylic acids is 1. The molecule has 0 atom stereocenters. The molecule has 5 aromatic rings. The zero-order chi connectivity index (χ0) is 30.0. The van der Waals surface area contributed by atoms with Gasteiger partial charge in [-0.3, -0.25) is 0 Å². The fourth-order valence-electron chi connectivity index (χ4n) is 4.08. The fourth-order valence-corrected chi connectivity index (χ4v) is 4.61. The average Bonchev–Trinajstić information content (AvgIpc) is 2.96. The molecule has 0 aliphatic carbocycles. The molecular formula is C29H19N5Na2O7S. The summed E-state index contributed by atoms with van der Waals surface area (Å²) in [6.07, 6.45) is 0. The fraction of sp³-hybridized carbons (Fsp3) is 0. The van der Waals surface area contributed by atoms with E-state index in [1.807, 2.05) is 24.3 Å². The monoisotopic (exact) mass is 627 g/mol. The van der Waals surface area contributed by atoms with Crippen LogP contribution in [-0.4, -0.2) is 29.2 Å². The Labute approximate surface area is 295 Å². The van der Waals surface area contributed by atoms with Gasteiger partial charge in [-0.1, -0.05) is 30.3 Å². The number of carboxylic acid groups (broad SMARTS) is 1. The quantitative estimate of drug-likeness (QED) is 0.0933. The third-order valence-electron chi connectivity index (χ3n) is 6.18. The minimum absolute atomic E-state index is 0. The number of nitrogens with zero attached hydrogens (tertiary/aromatic N) is 4. The number of phenolic OH excluding ortho intramolecular Hbond substituents is 1. The van der Waals surface area contributed by atoms with Crippen LogP contribution in [0.3, 0.4) is 0 Å². The number of aromatic carboxylic acids is 1. The first kappa shape index (κ1) is 34.8. The van der Waals surface area contributed by atoms with Crippen LogP contribution >= 0.6 is 0 Å². The number of phenols is 2. The van der Waals surface area contributed by atoms with E-state index in [4.69, 9.17) is 5.73 Å². The van der Waals surface area contributed by atoms with Gasteiger partial charge in [-0.25, -0.2) is 8.42 Å². The van der Waals surface area contributed by atoms with Crippen molar-refractivity contribution in [3.05, 3.63) is 96.6 Å². The number of carbonyl (C=O) groups excluding carboxylic acids is 1. The van der Waals surface area contributed by atoms with E-state index in [0.29, 0.717) is 11.4 Å². The molecule has 0 heterocycles. The summed E-state index contributed by atoms with van der Waals surface area (Å²) in [6.45, 7) is 0. The largest absolute Gasteiger partial charge is 1.00 e. The Balaban J connectivity index is 0.00000264. The molecule has 0 bridgehead atoms. The third-order valence-corrected chi connectivity index (χ3v) is 6.99. The van der Waals surface area contributed by atoms with Crippen LogP contribution in [-0.2, 0) is 10.1 Å². The van der Waals surface area contributed by atoms with Crippen molar-refractivity contribution in [2.45, 2.75) is 4.90 Å². The molecule has 0 aromatic heterocycles. The van der Waals surface area contributed by atoms with E-state index in [9.17, 15) is 33.1 Å². The first-order chi connectivity index (χ1) is 20.0. The van der Waals surface area contributed by atoms with Crippen molar-refractivity contribution >= 4 is 55.3 Å². The van der Waals surface area contributed by atoms with Gasteiger partial charge in [0.05, 0.1) is 39.0 Å². The van der Waals surface area contributed by atoms with Crippen molar-refractivity contribution in [3.63, 3.8) is 0 Å². The van der Waals surface area contributed by atoms with E-state index >= 15 is 0 Å². The van der Waals surface area contributed by atoms with E-state index in [2.05, 4.69) is 20.5 Å². The number of aromatic hydroxyl groups is 2. The summed E-state index contributed by atoms with van der Waals surface area (Å²) in [6, 6.07) is 22.9. The maximum atomic E-state index is 11.4. The summed E-state index contributed by atoms with van der Waals surface area (Å²) in [4.78, 5) is 10.5. The van der Waals surface area contributed by atoms with Crippen molar-refractivity contribution in [2.24, 2.45) is 20.5 Å². The standard InChI is InChI=1S/C29H21N5O7S.2Na/c30-24-11-5-18-13-22(42(39,40)41)15-26(36)27(18)28(24)34-32-20-8-3-17(4-9-20)16-1-6-19(7-2-16)31-33-21-10-12-25(35)23(14-21)29(37)38;;/h1-15,35-36H,30H2,(H,37,38)(H,39,40,41);;/q;2*+1/p-2. The predicted molar refractivity (Wildman–Crippen MR) is 151 cm³/mol. The molecule has 0 spiro atoms. The number of azo groups is 2. The van der Waals surface area contributed by atoms with Crippen molar-refractivity contribution in [1.82, 2.24) is 0 Å². The average molecular weight is 628 g/mol. The van der Waals surface area contributed by atoms with Gasteiger partial charge in [0.2, 0.25) is 0 Å². The number of hydrogen-bond donors (Lipinski definition) is 3. The number of anilines is 1. The maximum Gasteiger partial charge on any atom is 1.00 e. The molecule has 0 fully saturated rings. The van der Waals surface area contributed by atoms with Crippen LogP contribution in [0.15, 0.2) is 116 Å². The molecule has 0 radical (unpaired) electrons. The van der Waals surface area contributed by atoms with Crippen molar-refractivity contribution in [3.8, 4) is 22.6 Å². The minimum Gasteiger partial charge on any atom is -0.744 e. The molecule has 0 aliphatic rings. The maximum absolute atomic E-state index is 11.4. The van der Waals surface area contributed by atoms with Crippen LogP contribution in [0.25, 0.3) is 21.9 Å². The molecule has 5 rings (SSSR count). The molecule has 44 heavy (non-hydrogen) atoms. The van der Waals surface area contributed by atoms with Crippen LogP contribution < -0.4 is 70.0 Å². The Morgan fingerprint density at radius 2 is 1.20 bits per heavy atom. The summed E-state index contributed by atoms with van der Waals surface area (Å²) >= 11 is 0. The number of rotatable bonds is 7. The number of hydrogen-bond acceptors (Lipinski definition) is 12. The topological polar surface area (TPSA) is 213 Å². The Bertz CT molecular complexity index is 2020. The van der Waals surface area contributed by atoms with Crippen molar-refractivity contribution in [2.75, 3.05) is 5.73 Å². The minimum atomic E-state index is -4.78. The van der Waals surface area contributed by atoms with Crippen molar-refractivity contribution in [1.29, 1.82) is 0 Å². The van der Waals surface area contributed by atoms with Gasteiger partial charge < -0.3 is 30.4 Å². The molecule has 5 aromatic carbocycles. The first-order valence-corrected chi connectivity index (χ1v) is 13.5. The van der Waals surface area contributed by atoms with Gasteiger partial charge in [0.15, 0.2) is 0 Å². The summed E-state index contributed by atoms with van der Waals surface area (Å²) in [5.74, 6) is -2.40. The second-order valence-corrected chi connectivity index (χ2v) is 10.4. The second-order valence-electron chi connectivity index (χ2n) is 8.98. The van der Waals surface area contributed by atoms with E-state index < -0.39 is 32.5 Å². The molecule has 0 unspecified atom stereocenters. The van der Waals surface area contributed by atoms with Crippen LogP contribution in [0.5, 0.6) is 11.5 Å². The van der Waals surface area contributed by atoms with Gasteiger partial charge in [0, 0.05) is 5.56 Å². The van der Waals surface area contributed by atoms with Gasteiger partial charge in [-0.05, 0) is 77.2 Å². The molecule has 0 saturated carbocycles.